The van der Waals surface area contributed by atoms with Gasteiger partial charge in [-0.2, -0.15) is 26.3 Å². The molecule has 0 radical (unpaired) electrons. The second-order valence-corrected chi connectivity index (χ2v) is 19.6. The van der Waals surface area contributed by atoms with Crippen molar-refractivity contribution in [3.8, 4) is 11.5 Å². The number of fused-ring (bicyclic) bond motifs is 4. The highest BCUT2D eigenvalue weighted by atomic mass is 31.2. The highest BCUT2D eigenvalue weighted by Gasteiger charge is 2.40. The van der Waals surface area contributed by atoms with Gasteiger partial charge in [0.25, 0.3) is 5.91 Å². The van der Waals surface area contributed by atoms with E-state index in [1.54, 1.807) is 16.7 Å². The average Bonchev–Trinajstić information content (AvgIpc) is 3.30. The first-order valence-electron chi connectivity index (χ1n) is 23.0. The molecule has 0 spiro atoms. The molecule has 8 rings (SSSR count). The predicted octanol–water partition coefficient (Wildman–Crippen LogP) is 4.32. The summed E-state index contributed by atoms with van der Waals surface area (Å²) in [6, 6.07) is 8.83. The number of amides is 3. The number of carbonyl (C=O) groups is 3. The Kier molecular flexibility index (Phi) is 14.4. The van der Waals surface area contributed by atoms with Crippen molar-refractivity contribution in [3.05, 3.63) is 79.9 Å². The Morgan fingerprint density at radius 1 is 0.791 bits per heavy atom. The van der Waals surface area contributed by atoms with Crippen LogP contribution in [0.2, 0.25) is 0 Å². The van der Waals surface area contributed by atoms with Crippen LogP contribution in [0.4, 0.5) is 32.0 Å². The molecule has 5 aliphatic rings. The van der Waals surface area contributed by atoms with Crippen LogP contribution in [0.15, 0.2) is 30.3 Å². The first-order valence-corrected chi connectivity index (χ1v) is 24.5. The normalized spacial score (nSPS) is 16.3. The summed E-state index contributed by atoms with van der Waals surface area (Å²) >= 11 is 0. The monoisotopic (exact) mass is 961 g/mol. The number of anilines is 1. The molecule has 20 heteroatoms. The maximum absolute atomic E-state index is 15.2. The second-order valence-electron chi connectivity index (χ2n) is 17.6. The lowest BCUT2D eigenvalue weighted by Gasteiger charge is -2.39. The number of hydrogen-bond donors (Lipinski definition) is 2. The van der Waals surface area contributed by atoms with Crippen LogP contribution in [0.5, 0.6) is 11.5 Å². The van der Waals surface area contributed by atoms with Crippen molar-refractivity contribution in [1.29, 1.82) is 0 Å². The van der Waals surface area contributed by atoms with Gasteiger partial charge in [0.2, 0.25) is 5.36 Å². The van der Waals surface area contributed by atoms with Crippen molar-refractivity contribution in [3.63, 3.8) is 0 Å². The van der Waals surface area contributed by atoms with Gasteiger partial charge in [-0.05, 0) is 106 Å². The fourth-order valence-corrected chi connectivity index (χ4v) is 11.6. The van der Waals surface area contributed by atoms with E-state index in [9.17, 15) is 45.8 Å². The lowest BCUT2D eigenvalue weighted by molar-refractivity contribution is -0.367. The topological polar surface area (TPSA) is 153 Å². The summed E-state index contributed by atoms with van der Waals surface area (Å²) in [5.74, 6) is -3.28. The van der Waals surface area contributed by atoms with E-state index >= 15 is 4.57 Å². The third kappa shape index (κ3) is 10.1. The zero-order chi connectivity index (χ0) is 47.7. The Balaban J connectivity index is 1.26. The minimum absolute atomic E-state index is 0.0190. The maximum atomic E-state index is 15.2. The molecular weight excluding hydrogens is 908 g/mol. The van der Waals surface area contributed by atoms with Crippen molar-refractivity contribution in [2.75, 3.05) is 77.6 Å². The molecule has 362 valence electrons. The highest BCUT2D eigenvalue weighted by Crippen LogP contribution is 2.51. The van der Waals surface area contributed by atoms with Crippen LogP contribution in [-0.2, 0) is 48.9 Å². The van der Waals surface area contributed by atoms with Crippen LogP contribution in [0, 0.1) is 0 Å². The van der Waals surface area contributed by atoms with Gasteiger partial charge in [0, 0.05) is 91.3 Å². The smallest absolute Gasteiger partial charge is 0.471 e. The fraction of sp³-hybridized carbons (Fsp3) is 0.532. The van der Waals surface area contributed by atoms with Gasteiger partial charge in [0.1, 0.15) is 24.6 Å². The SMILES string of the molecule is CN(CC[O-])C(=O)c1ccc(P(=O)(OCCCCNC(=O)C(F)(F)F)OCCCCNC(=O)C(F)(F)F)cc1C1=c2cc3c4c(c2Oc2c1cc1c5c2CCCN5CCC1)CCC[N+]=4CCC3. The molecule has 0 atom stereocenters. The summed E-state index contributed by atoms with van der Waals surface area (Å²) in [5.41, 5.74) is 7.68. The number of hydrogen-bond acceptors (Lipinski definition) is 9. The molecule has 67 heavy (non-hydrogen) atoms. The quantitative estimate of drug-likeness (QED) is 0.0683. The third-order valence-corrected chi connectivity index (χ3v) is 15.0. The van der Waals surface area contributed by atoms with Gasteiger partial charge >= 0.3 is 31.8 Å². The molecule has 2 N–H and O–H groups in total. The predicted molar refractivity (Wildman–Crippen MR) is 234 cm³/mol. The van der Waals surface area contributed by atoms with Gasteiger partial charge in [-0.3, -0.25) is 18.9 Å². The molecule has 5 aliphatic heterocycles. The summed E-state index contributed by atoms with van der Waals surface area (Å²) in [5, 5.41) is 17.4. The molecule has 13 nitrogen and oxygen atoms in total. The van der Waals surface area contributed by atoms with E-state index in [-0.39, 0.29) is 69.4 Å². The summed E-state index contributed by atoms with van der Waals surface area (Å²) < 4.78 is 114. The van der Waals surface area contributed by atoms with Crippen molar-refractivity contribution in [2.24, 2.45) is 0 Å². The lowest BCUT2D eigenvalue weighted by atomic mass is 9.81. The Hall–Kier alpha value is -4.97. The third-order valence-electron chi connectivity index (χ3n) is 13.0. The number of likely N-dealkylation sites (N-methyl/N-ethyl adjacent to an activating group) is 1. The number of ether oxygens (including phenoxy) is 1. The fourth-order valence-electron chi connectivity index (χ4n) is 9.96. The van der Waals surface area contributed by atoms with E-state index in [0.29, 0.717) is 22.6 Å². The van der Waals surface area contributed by atoms with Crippen molar-refractivity contribution in [2.45, 2.75) is 89.4 Å². The molecule has 0 saturated heterocycles. The molecular formula is C47H54F6N5O8P. The molecule has 3 aromatic carbocycles. The van der Waals surface area contributed by atoms with E-state index in [0.717, 1.165) is 111 Å². The van der Waals surface area contributed by atoms with Crippen LogP contribution in [-0.4, -0.2) is 108 Å². The number of unbranched alkanes of at least 4 members (excludes halogenated alkanes) is 2. The van der Waals surface area contributed by atoms with Crippen LogP contribution in [0.3, 0.4) is 0 Å². The maximum Gasteiger partial charge on any atom is 0.471 e. The highest BCUT2D eigenvalue weighted by molar-refractivity contribution is 7.62. The van der Waals surface area contributed by atoms with Gasteiger partial charge < -0.3 is 39.3 Å². The van der Waals surface area contributed by atoms with Crippen molar-refractivity contribution < 1.29 is 64.2 Å². The van der Waals surface area contributed by atoms with Gasteiger partial charge in [-0.1, -0.05) is 0 Å². The minimum Gasteiger partial charge on any atom is -0.853 e. The van der Waals surface area contributed by atoms with Gasteiger partial charge in [0.05, 0.1) is 24.1 Å². The number of alkyl halides is 6. The van der Waals surface area contributed by atoms with Crippen LogP contribution in [0.25, 0.3) is 5.57 Å². The van der Waals surface area contributed by atoms with E-state index in [1.807, 2.05) is 0 Å². The summed E-state index contributed by atoms with van der Waals surface area (Å²) in [7, 11) is -2.90. The Morgan fingerprint density at radius 2 is 1.40 bits per heavy atom. The molecule has 3 aromatic rings. The molecule has 0 saturated carbocycles. The summed E-state index contributed by atoms with van der Waals surface area (Å²) in [4.78, 5) is 41.1. The van der Waals surface area contributed by atoms with Crippen LogP contribution < -0.4 is 45.8 Å². The van der Waals surface area contributed by atoms with E-state index in [4.69, 9.17) is 13.8 Å². The van der Waals surface area contributed by atoms with Gasteiger partial charge in [0.15, 0.2) is 0 Å². The number of halogens is 6. The van der Waals surface area contributed by atoms with E-state index in [2.05, 4.69) is 21.6 Å². The van der Waals surface area contributed by atoms with E-state index < -0.39 is 44.3 Å². The molecule has 0 fully saturated rings. The number of aryl methyl sites for hydroxylation is 2. The molecule has 0 aromatic heterocycles. The number of nitrogens with zero attached hydrogens (tertiary/aromatic N) is 3. The molecule has 0 bridgehead atoms. The standard InChI is InChI=1S/C47H54F6N5O8P/c1-56(22-23-59)43(60)32-15-14-31(67(63,64-24-4-2-16-54-44(61)46(48,49)50)65-25-5-3-17-55-45(62)47(51,52)53)28-35(32)38-36-26-29-10-6-18-57-20-8-12-33(39(29)57)41(36)66-42-34-13-9-21-58-19-7-11-30(40(34)58)27-37(38)42/h14-15,26-28H,2-13,16-25H2,1H3,(H,54,61)(H,55,62). The first kappa shape index (κ1) is 48.5. The Morgan fingerprint density at radius 3 is 2.04 bits per heavy atom. The van der Waals surface area contributed by atoms with Gasteiger partial charge in [-0.15, -0.1) is 6.61 Å². The first-order chi connectivity index (χ1) is 32.0. The molecule has 0 unspecified atom stereocenters. The number of benzene rings is 3. The summed E-state index contributed by atoms with van der Waals surface area (Å²) in [6.07, 6.45) is -3.08. The minimum atomic E-state index is -5.07. The van der Waals surface area contributed by atoms with E-state index in [1.165, 1.54) is 35.1 Å². The zero-order valence-corrected chi connectivity index (χ0v) is 38.2. The Labute approximate surface area is 383 Å². The number of nitrogens with one attached hydrogen (secondary N) is 2. The average molecular weight is 962 g/mol. The van der Waals surface area contributed by atoms with Crippen molar-refractivity contribution >= 4 is 41.9 Å². The van der Waals surface area contributed by atoms with Crippen LogP contribution in [0.1, 0.15) is 95.1 Å². The van der Waals surface area contributed by atoms with Crippen LogP contribution >= 0.6 is 7.60 Å². The molecule has 5 heterocycles. The largest absolute Gasteiger partial charge is 0.853 e. The molecule has 3 amide bonds. The zero-order valence-electron chi connectivity index (χ0n) is 37.3. The number of carbonyl (C=O) groups excluding carboxylic acids is 3. The second kappa shape index (κ2) is 19.9. The molecule has 0 aliphatic carbocycles. The lowest BCUT2D eigenvalue weighted by Crippen LogP contribution is -2.45. The number of rotatable bonds is 17. The summed E-state index contributed by atoms with van der Waals surface area (Å²) in [6.45, 7) is 1.76. The van der Waals surface area contributed by atoms with Crippen molar-refractivity contribution in [1.82, 2.24) is 20.1 Å². The van der Waals surface area contributed by atoms with Gasteiger partial charge in [-0.25, -0.2) is 4.58 Å². The Bertz CT molecular complexity index is 2570.